The van der Waals surface area contributed by atoms with E-state index in [1.165, 1.54) is 17.8 Å². The summed E-state index contributed by atoms with van der Waals surface area (Å²) in [7, 11) is 0. The molecule has 1 aromatic carbocycles. The summed E-state index contributed by atoms with van der Waals surface area (Å²) in [6, 6.07) is 2.91. The number of aliphatic imine (C=N–C) groups is 1. The van der Waals surface area contributed by atoms with Gasteiger partial charge >= 0.3 is 0 Å². The van der Waals surface area contributed by atoms with E-state index >= 15 is 0 Å². The molecule has 1 fully saturated rings. The first-order valence-corrected chi connectivity index (χ1v) is 8.34. The van der Waals surface area contributed by atoms with Gasteiger partial charge in [-0.05, 0) is 60.3 Å². The first-order valence-electron chi connectivity index (χ1n) is 6.45. The predicted octanol–water partition coefficient (Wildman–Crippen LogP) is 3.01. The fourth-order valence-electron chi connectivity index (χ4n) is 1.86. The number of carbonyl (C=O) groups excluding carboxylic acids is 1. The van der Waals surface area contributed by atoms with Gasteiger partial charge in [-0.1, -0.05) is 0 Å². The van der Waals surface area contributed by atoms with Gasteiger partial charge in [0.2, 0.25) is 0 Å². The van der Waals surface area contributed by atoms with Crippen LogP contribution in [0.25, 0.3) is 6.08 Å². The van der Waals surface area contributed by atoms with E-state index in [1.807, 2.05) is 36.4 Å². The average Bonchev–Trinajstić information content (AvgIpc) is 2.72. The maximum absolute atomic E-state index is 12.3. The van der Waals surface area contributed by atoms with Gasteiger partial charge in [-0.2, -0.15) is 0 Å². The van der Waals surface area contributed by atoms with Crippen molar-refractivity contribution in [3.05, 3.63) is 26.2 Å². The Morgan fingerprint density at radius 3 is 2.67 bits per heavy atom. The van der Waals surface area contributed by atoms with E-state index in [1.54, 1.807) is 17.0 Å². The largest absolute Gasteiger partial charge is 0.507 e. The van der Waals surface area contributed by atoms with Crippen LogP contribution in [0.15, 0.2) is 22.0 Å². The Bertz CT molecular complexity index is 643. The maximum atomic E-state index is 12.3. The van der Waals surface area contributed by atoms with Gasteiger partial charge in [0.05, 0.1) is 8.48 Å². The molecule has 1 saturated heterocycles. The number of hydrogen-bond acceptors (Lipinski definition) is 5. The molecule has 112 valence electrons. The standard InChI is InChI=1S/C14H15IN2O3S/c1-3-16-14-17(4-2)13(20)12(21-14)6-8-5-9(15)11(19)7-10(8)18/h5-7,18-19H,3-4H2,1-2H3/b12-6-,16-14?. The molecule has 0 atom stereocenters. The zero-order valence-corrected chi connectivity index (χ0v) is 14.6. The summed E-state index contributed by atoms with van der Waals surface area (Å²) in [6.45, 7) is 4.98. The minimum Gasteiger partial charge on any atom is -0.507 e. The number of nitrogens with zero attached hydrogens (tertiary/aromatic N) is 2. The number of rotatable bonds is 3. The van der Waals surface area contributed by atoms with Crippen molar-refractivity contribution in [2.45, 2.75) is 13.8 Å². The van der Waals surface area contributed by atoms with Crippen molar-refractivity contribution in [2.24, 2.45) is 4.99 Å². The van der Waals surface area contributed by atoms with E-state index in [2.05, 4.69) is 4.99 Å². The van der Waals surface area contributed by atoms with Gasteiger partial charge in [0, 0.05) is 24.7 Å². The van der Waals surface area contributed by atoms with Crippen LogP contribution < -0.4 is 0 Å². The van der Waals surface area contributed by atoms with Crippen LogP contribution in [0.4, 0.5) is 0 Å². The fourth-order valence-corrected chi connectivity index (χ4v) is 3.45. The van der Waals surface area contributed by atoms with Crippen molar-refractivity contribution in [2.75, 3.05) is 13.1 Å². The number of halogens is 1. The molecule has 1 aliphatic rings. The summed E-state index contributed by atoms with van der Waals surface area (Å²) in [4.78, 5) is 18.8. The van der Waals surface area contributed by atoms with E-state index in [9.17, 15) is 15.0 Å². The first-order chi connectivity index (χ1) is 9.97. The Labute approximate surface area is 140 Å². The lowest BCUT2D eigenvalue weighted by atomic mass is 10.1. The highest BCUT2D eigenvalue weighted by Crippen LogP contribution is 2.35. The van der Waals surface area contributed by atoms with Crippen molar-refractivity contribution >= 4 is 51.5 Å². The molecule has 0 aliphatic carbocycles. The number of phenolic OH excluding ortho intramolecular Hbond substituents is 2. The van der Waals surface area contributed by atoms with E-state index in [4.69, 9.17) is 0 Å². The van der Waals surface area contributed by atoms with Crippen LogP contribution >= 0.6 is 34.4 Å². The maximum Gasteiger partial charge on any atom is 0.266 e. The highest BCUT2D eigenvalue weighted by molar-refractivity contribution is 14.1. The molecule has 0 bridgehead atoms. The van der Waals surface area contributed by atoms with Crippen LogP contribution in [0.5, 0.6) is 11.5 Å². The van der Waals surface area contributed by atoms with Crippen LogP contribution in [0.1, 0.15) is 19.4 Å². The quantitative estimate of drug-likeness (QED) is 0.585. The summed E-state index contributed by atoms with van der Waals surface area (Å²) < 4.78 is 0.613. The molecule has 1 amide bonds. The van der Waals surface area contributed by atoms with Crippen molar-refractivity contribution in [3.8, 4) is 11.5 Å². The number of benzene rings is 1. The highest BCUT2D eigenvalue weighted by Gasteiger charge is 2.32. The zero-order chi connectivity index (χ0) is 15.6. The van der Waals surface area contributed by atoms with Gasteiger partial charge in [-0.3, -0.25) is 14.7 Å². The van der Waals surface area contributed by atoms with E-state index in [-0.39, 0.29) is 17.4 Å². The molecule has 0 spiro atoms. The molecule has 21 heavy (non-hydrogen) atoms. The van der Waals surface area contributed by atoms with E-state index in [0.29, 0.717) is 32.3 Å². The van der Waals surface area contributed by atoms with Crippen LogP contribution in [-0.4, -0.2) is 39.3 Å². The average molecular weight is 418 g/mol. The lowest BCUT2D eigenvalue weighted by Gasteiger charge is -2.11. The van der Waals surface area contributed by atoms with Crippen LogP contribution in [-0.2, 0) is 4.79 Å². The molecule has 5 nitrogen and oxygen atoms in total. The number of phenols is 2. The van der Waals surface area contributed by atoms with Crippen molar-refractivity contribution in [3.63, 3.8) is 0 Å². The lowest BCUT2D eigenvalue weighted by Crippen LogP contribution is -2.28. The summed E-state index contributed by atoms with van der Waals surface area (Å²) in [6.07, 6.45) is 1.63. The minimum atomic E-state index is -0.114. The van der Waals surface area contributed by atoms with Crippen molar-refractivity contribution < 1.29 is 15.0 Å². The summed E-state index contributed by atoms with van der Waals surface area (Å²) >= 11 is 3.27. The third-order valence-corrected chi connectivity index (χ3v) is 4.79. The van der Waals surface area contributed by atoms with E-state index < -0.39 is 0 Å². The number of amidine groups is 1. The minimum absolute atomic E-state index is 0.0177. The molecule has 1 aliphatic heterocycles. The molecule has 7 heteroatoms. The predicted molar refractivity (Wildman–Crippen MR) is 93.4 cm³/mol. The Morgan fingerprint density at radius 2 is 2.05 bits per heavy atom. The molecule has 1 heterocycles. The third-order valence-electron chi connectivity index (χ3n) is 2.88. The molecular formula is C14H15IN2O3S. The summed E-state index contributed by atoms with van der Waals surface area (Å²) in [5, 5.41) is 20.1. The normalized spacial score (nSPS) is 19.0. The molecule has 0 aromatic heterocycles. The number of carbonyl (C=O) groups is 1. The topological polar surface area (TPSA) is 73.1 Å². The molecule has 2 rings (SSSR count). The monoisotopic (exact) mass is 418 g/mol. The SMILES string of the molecule is CCN=C1S/C(=C\c2cc(I)c(O)cc2O)C(=O)N1CC. The van der Waals surface area contributed by atoms with Gasteiger partial charge < -0.3 is 10.2 Å². The summed E-state index contributed by atoms with van der Waals surface area (Å²) in [5.41, 5.74) is 0.502. The second kappa shape index (κ2) is 6.69. The first kappa shape index (κ1) is 16.2. The Kier molecular flexibility index (Phi) is 5.15. The number of aromatic hydroxyl groups is 2. The Morgan fingerprint density at radius 1 is 1.33 bits per heavy atom. The number of thioether (sulfide) groups is 1. The van der Waals surface area contributed by atoms with Gasteiger partial charge in [0.1, 0.15) is 11.5 Å². The molecule has 1 aromatic rings. The molecule has 0 radical (unpaired) electrons. The van der Waals surface area contributed by atoms with Gasteiger partial charge in [-0.25, -0.2) is 0 Å². The third kappa shape index (κ3) is 3.34. The van der Waals surface area contributed by atoms with Crippen LogP contribution in [0, 0.1) is 3.57 Å². The number of amides is 1. The Balaban J connectivity index is 2.41. The van der Waals surface area contributed by atoms with Crippen LogP contribution in [0.2, 0.25) is 0 Å². The lowest BCUT2D eigenvalue weighted by molar-refractivity contribution is -0.122. The smallest absolute Gasteiger partial charge is 0.266 e. The second-order valence-corrected chi connectivity index (χ2v) is 6.45. The molecule has 2 N–H and O–H groups in total. The van der Waals surface area contributed by atoms with Gasteiger partial charge in [0.15, 0.2) is 5.17 Å². The molecule has 0 saturated carbocycles. The number of likely N-dealkylation sites (N-methyl/N-ethyl adjacent to an activating group) is 1. The highest BCUT2D eigenvalue weighted by atomic mass is 127. The van der Waals surface area contributed by atoms with Crippen molar-refractivity contribution in [1.29, 1.82) is 0 Å². The summed E-state index contributed by atoms with van der Waals surface area (Å²) in [5.74, 6) is -0.154. The van der Waals surface area contributed by atoms with E-state index in [0.717, 1.165) is 0 Å². The van der Waals surface area contributed by atoms with Crippen LogP contribution in [0.3, 0.4) is 0 Å². The fraction of sp³-hybridized carbons (Fsp3) is 0.286. The van der Waals surface area contributed by atoms with Gasteiger partial charge in [0.25, 0.3) is 5.91 Å². The Hall–Kier alpha value is -1.22. The number of hydrogen-bond donors (Lipinski definition) is 2. The van der Waals surface area contributed by atoms with Crippen molar-refractivity contribution in [1.82, 2.24) is 4.90 Å². The molecule has 0 unspecified atom stereocenters. The second-order valence-electron chi connectivity index (χ2n) is 4.28. The van der Waals surface area contributed by atoms with Gasteiger partial charge in [-0.15, -0.1) is 0 Å². The zero-order valence-electron chi connectivity index (χ0n) is 11.6. The molecular weight excluding hydrogens is 403 g/mol.